The van der Waals surface area contributed by atoms with Crippen molar-refractivity contribution in [1.82, 2.24) is 4.90 Å². The lowest BCUT2D eigenvalue weighted by Crippen LogP contribution is -2.40. The van der Waals surface area contributed by atoms with Gasteiger partial charge in [-0.15, -0.1) is 0 Å². The van der Waals surface area contributed by atoms with Crippen molar-refractivity contribution in [3.05, 3.63) is 29.6 Å². The maximum Gasteiger partial charge on any atom is 0.254 e. The van der Waals surface area contributed by atoms with E-state index in [1.165, 1.54) is 12.1 Å². The Hall–Kier alpha value is -1.62. The van der Waals surface area contributed by atoms with Crippen molar-refractivity contribution < 1.29 is 18.7 Å². The monoisotopic (exact) mass is 267 g/mol. The number of ether oxygens (including phenoxy) is 2. The van der Waals surface area contributed by atoms with E-state index >= 15 is 0 Å². The fourth-order valence-corrected chi connectivity index (χ4v) is 1.93. The molecular formula is C14H18FNO3. The van der Waals surface area contributed by atoms with Gasteiger partial charge < -0.3 is 14.4 Å². The quantitative estimate of drug-likeness (QED) is 0.841. The van der Waals surface area contributed by atoms with Gasteiger partial charge in [0.25, 0.3) is 5.91 Å². The van der Waals surface area contributed by atoms with Crippen LogP contribution in [0.2, 0.25) is 0 Å². The summed E-state index contributed by atoms with van der Waals surface area (Å²) in [6.45, 7) is 5.80. The van der Waals surface area contributed by atoms with Crippen LogP contribution in [0.25, 0.3) is 0 Å². The average molecular weight is 267 g/mol. The highest BCUT2D eigenvalue weighted by molar-refractivity contribution is 5.94. The number of nitrogens with zero attached hydrogens (tertiary/aromatic N) is 1. The maximum atomic E-state index is 13.8. The predicted molar refractivity (Wildman–Crippen MR) is 68.9 cm³/mol. The van der Waals surface area contributed by atoms with Crippen LogP contribution in [0.1, 0.15) is 24.2 Å². The Kier molecular flexibility index (Phi) is 4.37. The summed E-state index contributed by atoms with van der Waals surface area (Å²) in [5.41, 5.74) is 0.343. The summed E-state index contributed by atoms with van der Waals surface area (Å²) in [7, 11) is 0. The van der Waals surface area contributed by atoms with Crippen molar-refractivity contribution in [2.45, 2.75) is 20.0 Å². The van der Waals surface area contributed by atoms with Gasteiger partial charge in [0.2, 0.25) is 0 Å². The summed E-state index contributed by atoms with van der Waals surface area (Å²) in [6.07, 6.45) is -0.102. The Balaban J connectivity index is 2.12. The average Bonchev–Trinajstić information content (AvgIpc) is 2.41. The maximum absolute atomic E-state index is 13.8. The number of rotatable bonds is 3. The van der Waals surface area contributed by atoms with E-state index in [1.54, 1.807) is 11.0 Å². The third-order valence-corrected chi connectivity index (χ3v) is 2.84. The van der Waals surface area contributed by atoms with E-state index in [4.69, 9.17) is 9.47 Å². The van der Waals surface area contributed by atoms with Crippen LogP contribution in [0, 0.1) is 5.82 Å². The molecule has 0 N–H and O–H groups in total. The second-order valence-electron chi connectivity index (χ2n) is 4.72. The molecule has 104 valence electrons. The lowest BCUT2D eigenvalue weighted by molar-refractivity contribution is 0.0302. The molecule has 0 bridgehead atoms. The fourth-order valence-electron chi connectivity index (χ4n) is 1.93. The van der Waals surface area contributed by atoms with Gasteiger partial charge in [0, 0.05) is 18.7 Å². The van der Waals surface area contributed by atoms with E-state index in [1.807, 2.05) is 13.8 Å². The Morgan fingerprint density at radius 1 is 1.37 bits per heavy atom. The predicted octanol–water partition coefficient (Wildman–Crippen LogP) is 2.09. The zero-order valence-electron chi connectivity index (χ0n) is 11.2. The van der Waals surface area contributed by atoms with Gasteiger partial charge in [-0.2, -0.15) is 0 Å². The number of amides is 1. The van der Waals surface area contributed by atoms with Gasteiger partial charge in [-0.05, 0) is 32.0 Å². The van der Waals surface area contributed by atoms with Crippen LogP contribution in [-0.4, -0.2) is 43.2 Å². The summed E-state index contributed by atoms with van der Waals surface area (Å²) < 4.78 is 24.3. The van der Waals surface area contributed by atoms with E-state index < -0.39 is 5.82 Å². The number of hydrogen-bond acceptors (Lipinski definition) is 3. The number of hydrogen-bond donors (Lipinski definition) is 0. The van der Waals surface area contributed by atoms with Gasteiger partial charge in [-0.25, -0.2) is 4.39 Å². The fraction of sp³-hybridized carbons (Fsp3) is 0.500. The molecule has 1 aliphatic rings. The van der Waals surface area contributed by atoms with Gasteiger partial charge in [0.1, 0.15) is 0 Å². The third kappa shape index (κ3) is 3.44. The molecule has 0 aliphatic carbocycles. The molecule has 2 rings (SSSR count). The van der Waals surface area contributed by atoms with Crippen LogP contribution in [0.15, 0.2) is 18.2 Å². The SMILES string of the molecule is CC(C)Oc1ccc(C(=O)N2CCOCC2)cc1F. The van der Waals surface area contributed by atoms with Gasteiger partial charge in [0.15, 0.2) is 11.6 Å². The molecule has 1 saturated heterocycles. The van der Waals surface area contributed by atoms with Crippen molar-refractivity contribution in [3.63, 3.8) is 0 Å². The molecule has 0 aromatic heterocycles. The molecule has 0 spiro atoms. The van der Waals surface area contributed by atoms with Crippen LogP contribution in [0.3, 0.4) is 0 Å². The van der Waals surface area contributed by atoms with E-state index in [2.05, 4.69) is 0 Å². The van der Waals surface area contributed by atoms with E-state index in [0.29, 0.717) is 31.9 Å². The van der Waals surface area contributed by atoms with Gasteiger partial charge >= 0.3 is 0 Å². The Morgan fingerprint density at radius 3 is 2.63 bits per heavy atom. The minimum absolute atomic E-state index is 0.102. The molecule has 0 radical (unpaired) electrons. The molecule has 0 atom stereocenters. The number of morpholine rings is 1. The van der Waals surface area contributed by atoms with Gasteiger partial charge in [0.05, 0.1) is 19.3 Å². The number of benzene rings is 1. The van der Waals surface area contributed by atoms with Crippen LogP contribution in [0.4, 0.5) is 4.39 Å². The molecule has 1 amide bonds. The number of carbonyl (C=O) groups excluding carboxylic acids is 1. The highest BCUT2D eigenvalue weighted by Crippen LogP contribution is 2.20. The first-order valence-corrected chi connectivity index (χ1v) is 6.41. The van der Waals surface area contributed by atoms with Crippen LogP contribution < -0.4 is 4.74 Å². The first-order valence-electron chi connectivity index (χ1n) is 6.41. The number of carbonyl (C=O) groups is 1. The molecule has 4 nitrogen and oxygen atoms in total. The third-order valence-electron chi connectivity index (χ3n) is 2.84. The largest absolute Gasteiger partial charge is 0.488 e. The van der Waals surface area contributed by atoms with E-state index in [-0.39, 0.29) is 17.8 Å². The van der Waals surface area contributed by atoms with Crippen LogP contribution in [0.5, 0.6) is 5.75 Å². The molecule has 1 fully saturated rings. The first-order chi connectivity index (χ1) is 9.08. The second kappa shape index (κ2) is 6.02. The topological polar surface area (TPSA) is 38.8 Å². The van der Waals surface area contributed by atoms with E-state index in [0.717, 1.165) is 0 Å². The zero-order chi connectivity index (χ0) is 13.8. The highest BCUT2D eigenvalue weighted by Gasteiger charge is 2.19. The molecule has 1 aromatic carbocycles. The molecule has 0 saturated carbocycles. The Bertz CT molecular complexity index is 456. The molecular weight excluding hydrogens is 249 g/mol. The molecule has 19 heavy (non-hydrogen) atoms. The van der Waals surface area contributed by atoms with Gasteiger partial charge in [-0.1, -0.05) is 0 Å². The molecule has 5 heteroatoms. The van der Waals surface area contributed by atoms with Crippen molar-refractivity contribution >= 4 is 5.91 Å². The van der Waals surface area contributed by atoms with Crippen molar-refractivity contribution in [3.8, 4) is 5.75 Å². The van der Waals surface area contributed by atoms with E-state index in [9.17, 15) is 9.18 Å². The molecule has 1 aromatic rings. The van der Waals surface area contributed by atoms with Crippen molar-refractivity contribution in [2.75, 3.05) is 26.3 Å². The molecule has 1 aliphatic heterocycles. The summed E-state index contributed by atoms with van der Waals surface area (Å²) >= 11 is 0. The minimum Gasteiger partial charge on any atom is -0.488 e. The van der Waals surface area contributed by atoms with Crippen LogP contribution in [-0.2, 0) is 4.74 Å². The second-order valence-corrected chi connectivity index (χ2v) is 4.72. The lowest BCUT2D eigenvalue weighted by Gasteiger charge is -2.27. The van der Waals surface area contributed by atoms with Crippen molar-refractivity contribution in [2.24, 2.45) is 0 Å². The highest BCUT2D eigenvalue weighted by atomic mass is 19.1. The summed E-state index contributed by atoms with van der Waals surface area (Å²) in [5, 5.41) is 0. The van der Waals surface area contributed by atoms with Crippen molar-refractivity contribution in [1.29, 1.82) is 0 Å². The van der Waals surface area contributed by atoms with Gasteiger partial charge in [-0.3, -0.25) is 4.79 Å². The molecule has 0 unspecified atom stereocenters. The molecule has 1 heterocycles. The summed E-state index contributed by atoms with van der Waals surface area (Å²) in [6, 6.07) is 4.33. The normalized spacial score (nSPS) is 15.7. The van der Waals surface area contributed by atoms with Crippen LogP contribution >= 0.6 is 0 Å². The first kappa shape index (κ1) is 13.8. The zero-order valence-corrected chi connectivity index (χ0v) is 11.2. The summed E-state index contributed by atoms with van der Waals surface area (Å²) in [4.78, 5) is 13.8. The minimum atomic E-state index is -0.507. The lowest BCUT2D eigenvalue weighted by atomic mass is 10.1. The standard InChI is InChI=1S/C14H18FNO3/c1-10(2)19-13-4-3-11(9-12(13)15)14(17)16-5-7-18-8-6-16/h3-4,9-10H,5-8H2,1-2H3. The summed E-state index contributed by atoms with van der Waals surface area (Å²) in [5.74, 6) is -0.500. The Morgan fingerprint density at radius 2 is 2.05 bits per heavy atom. The number of halogens is 1. The Labute approximate surface area is 112 Å². The smallest absolute Gasteiger partial charge is 0.254 e.